The lowest BCUT2D eigenvalue weighted by Gasteiger charge is -2.35. The first-order valence-electron chi connectivity index (χ1n) is 9.91. The first kappa shape index (κ1) is 21.9. The van der Waals surface area contributed by atoms with Gasteiger partial charge in [-0.15, -0.1) is 11.3 Å². The van der Waals surface area contributed by atoms with Gasteiger partial charge < -0.3 is 9.80 Å². The van der Waals surface area contributed by atoms with E-state index in [9.17, 15) is 22.8 Å². The molecule has 0 radical (unpaired) electrons. The predicted molar refractivity (Wildman–Crippen MR) is 113 cm³/mol. The molecule has 32 heavy (non-hydrogen) atoms. The van der Waals surface area contributed by atoms with Crippen LogP contribution < -0.4 is 0 Å². The van der Waals surface area contributed by atoms with E-state index >= 15 is 0 Å². The molecule has 0 spiro atoms. The maximum absolute atomic E-state index is 13.2. The summed E-state index contributed by atoms with van der Waals surface area (Å²) >= 11 is 1.43. The van der Waals surface area contributed by atoms with E-state index in [4.69, 9.17) is 0 Å². The van der Waals surface area contributed by atoms with Crippen molar-refractivity contribution in [2.24, 2.45) is 0 Å². The lowest BCUT2D eigenvalue weighted by molar-refractivity contribution is -0.138. The fourth-order valence-corrected chi connectivity index (χ4v) is 4.33. The lowest BCUT2D eigenvalue weighted by atomic mass is 10.1. The minimum absolute atomic E-state index is 0.127. The number of alkyl halides is 3. The van der Waals surface area contributed by atoms with E-state index in [0.717, 1.165) is 16.6 Å². The number of benzene rings is 1. The third-order valence-corrected chi connectivity index (χ3v) is 6.12. The maximum Gasteiger partial charge on any atom is 0.417 e. The molecule has 1 aromatic carbocycles. The van der Waals surface area contributed by atoms with Gasteiger partial charge in [0.25, 0.3) is 5.91 Å². The maximum atomic E-state index is 13.2. The van der Waals surface area contributed by atoms with Gasteiger partial charge in [-0.3, -0.25) is 14.6 Å². The smallest absolute Gasteiger partial charge is 0.339 e. The minimum atomic E-state index is -4.60. The van der Waals surface area contributed by atoms with Gasteiger partial charge in [0.05, 0.1) is 23.2 Å². The molecule has 1 aliphatic heterocycles. The molecule has 1 aliphatic rings. The highest BCUT2D eigenvalue weighted by molar-refractivity contribution is 7.13. The molecule has 0 unspecified atom stereocenters. The Balaban J connectivity index is 1.36. The van der Waals surface area contributed by atoms with Crippen molar-refractivity contribution in [3.8, 4) is 10.6 Å². The summed E-state index contributed by atoms with van der Waals surface area (Å²) in [7, 11) is 0. The third-order valence-electron chi connectivity index (χ3n) is 5.18. The van der Waals surface area contributed by atoms with Crippen LogP contribution in [0.3, 0.4) is 0 Å². The quantitative estimate of drug-likeness (QED) is 0.595. The van der Waals surface area contributed by atoms with Crippen LogP contribution in [-0.4, -0.2) is 57.8 Å². The van der Waals surface area contributed by atoms with E-state index < -0.39 is 17.6 Å². The van der Waals surface area contributed by atoms with Crippen LogP contribution in [0, 0.1) is 0 Å². The number of nitrogens with zero attached hydrogens (tertiary/aromatic N) is 4. The number of aromatic nitrogens is 2. The van der Waals surface area contributed by atoms with Crippen molar-refractivity contribution < 1.29 is 22.8 Å². The molecule has 166 valence electrons. The van der Waals surface area contributed by atoms with Gasteiger partial charge >= 0.3 is 6.18 Å². The Morgan fingerprint density at radius 3 is 2.41 bits per heavy atom. The third kappa shape index (κ3) is 4.80. The van der Waals surface area contributed by atoms with E-state index in [1.54, 1.807) is 17.3 Å². The molecule has 1 fully saturated rings. The van der Waals surface area contributed by atoms with Crippen molar-refractivity contribution in [1.82, 2.24) is 19.8 Å². The summed E-state index contributed by atoms with van der Waals surface area (Å²) < 4.78 is 39.7. The minimum Gasteiger partial charge on any atom is -0.339 e. The number of halogens is 3. The standard InChI is InChI=1S/C22H19F3N4O2S/c23-22(24,25)18-6-2-1-5-17(18)21(31)29-10-8-28(9-11-29)19(30)12-16-14-32-20(27-16)15-4-3-7-26-13-15/h1-7,13-14H,8-12H2. The number of piperazine rings is 1. The van der Waals surface area contributed by atoms with Crippen LogP contribution in [0.4, 0.5) is 13.2 Å². The summed E-state index contributed by atoms with van der Waals surface area (Å²) in [5.74, 6) is -0.804. The molecular formula is C22H19F3N4O2S. The molecule has 0 bridgehead atoms. The zero-order valence-electron chi connectivity index (χ0n) is 16.9. The molecule has 6 nitrogen and oxygen atoms in total. The summed E-state index contributed by atoms with van der Waals surface area (Å²) in [6, 6.07) is 8.47. The van der Waals surface area contributed by atoms with Crippen molar-refractivity contribution in [1.29, 1.82) is 0 Å². The van der Waals surface area contributed by atoms with Crippen LogP contribution in [0.1, 0.15) is 21.6 Å². The Labute approximate surface area is 186 Å². The number of rotatable bonds is 4. The van der Waals surface area contributed by atoms with Gasteiger partial charge in [0.1, 0.15) is 5.01 Å². The first-order chi connectivity index (χ1) is 15.3. The van der Waals surface area contributed by atoms with Crippen molar-refractivity contribution in [2.75, 3.05) is 26.2 Å². The Kier molecular flexibility index (Phi) is 6.22. The second-order valence-corrected chi connectivity index (χ2v) is 8.14. The number of hydrogen-bond donors (Lipinski definition) is 0. The van der Waals surface area contributed by atoms with E-state index in [0.29, 0.717) is 5.69 Å². The molecule has 1 saturated heterocycles. The van der Waals surface area contributed by atoms with Crippen molar-refractivity contribution >= 4 is 23.2 Å². The summed E-state index contributed by atoms with van der Waals surface area (Å²) in [4.78, 5) is 36.9. The zero-order valence-corrected chi connectivity index (χ0v) is 17.7. The van der Waals surface area contributed by atoms with Crippen LogP contribution in [0.15, 0.2) is 54.2 Å². The number of carbonyl (C=O) groups is 2. The zero-order chi connectivity index (χ0) is 22.7. The van der Waals surface area contributed by atoms with Crippen molar-refractivity contribution in [3.05, 3.63) is 71.0 Å². The monoisotopic (exact) mass is 460 g/mol. The van der Waals surface area contributed by atoms with E-state index in [-0.39, 0.29) is 44.1 Å². The van der Waals surface area contributed by atoms with Crippen molar-refractivity contribution in [3.63, 3.8) is 0 Å². The molecule has 3 aromatic rings. The Morgan fingerprint density at radius 2 is 1.72 bits per heavy atom. The van der Waals surface area contributed by atoms with E-state index in [1.807, 2.05) is 17.5 Å². The highest BCUT2D eigenvalue weighted by atomic mass is 32.1. The Bertz CT molecular complexity index is 1110. The molecule has 2 aromatic heterocycles. The largest absolute Gasteiger partial charge is 0.417 e. The number of hydrogen-bond acceptors (Lipinski definition) is 5. The van der Waals surface area contributed by atoms with Crippen LogP contribution >= 0.6 is 11.3 Å². The molecule has 2 amide bonds. The molecule has 3 heterocycles. The fraction of sp³-hybridized carbons (Fsp3) is 0.273. The predicted octanol–water partition coefficient (Wildman–Crippen LogP) is 3.75. The molecular weight excluding hydrogens is 441 g/mol. The van der Waals surface area contributed by atoms with Gasteiger partial charge in [-0.2, -0.15) is 13.2 Å². The topological polar surface area (TPSA) is 66.4 Å². The van der Waals surface area contributed by atoms with E-state index in [2.05, 4.69) is 9.97 Å². The van der Waals surface area contributed by atoms with Crippen LogP contribution in [-0.2, 0) is 17.4 Å². The first-order valence-corrected chi connectivity index (χ1v) is 10.8. The number of pyridine rings is 1. The highest BCUT2D eigenvalue weighted by Gasteiger charge is 2.36. The van der Waals surface area contributed by atoms with Gasteiger partial charge in [-0.25, -0.2) is 4.98 Å². The molecule has 4 rings (SSSR count). The second-order valence-electron chi connectivity index (χ2n) is 7.28. The average Bonchev–Trinajstić information content (AvgIpc) is 3.27. The van der Waals surface area contributed by atoms with Crippen LogP contribution in [0.2, 0.25) is 0 Å². The Hall–Kier alpha value is -3.27. The molecule has 0 saturated carbocycles. The summed E-state index contributed by atoms with van der Waals surface area (Å²) in [6.07, 6.45) is -1.10. The molecule has 0 aliphatic carbocycles. The summed E-state index contributed by atoms with van der Waals surface area (Å²) in [5.41, 5.74) is 0.209. The molecule has 0 atom stereocenters. The van der Waals surface area contributed by atoms with Gasteiger partial charge in [0.2, 0.25) is 5.91 Å². The molecule has 0 N–H and O–H groups in total. The summed E-state index contributed by atoms with van der Waals surface area (Å²) in [5, 5.41) is 2.60. The van der Waals surface area contributed by atoms with Crippen LogP contribution in [0.25, 0.3) is 10.6 Å². The molecule has 10 heteroatoms. The average molecular weight is 460 g/mol. The highest BCUT2D eigenvalue weighted by Crippen LogP contribution is 2.32. The number of amides is 2. The van der Waals surface area contributed by atoms with E-state index in [1.165, 1.54) is 34.4 Å². The van der Waals surface area contributed by atoms with Gasteiger partial charge in [-0.1, -0.05) is 12.1 Å². The van der Waals surface area contributed by atoms with Crippen LogP contribution in [0.5, 0.6) is 0 Å². The van der Waals surface area contributed by atoms with Gasteiger partial charge in [0.15, 0.2) is 0 Å². The SMILES string of the molecule is O=C(Cc1csc(-c2cccnc2)n1)N1CCN(C(=O)c2ccccc2C(F)(F)F)CC1. The fourth-order valence-electron chi connectivity index (χ4n) is 3.52. The van der Waals surface area contributed by atoms with Crippen molar-refractivity contribution in [2.45, 2.75) is 12.6 Å². The number of thiazole rings is 1. The lowest BCUT2D eigenvalue weighted by Crippen LogP contribution is -2.51. The number of carbonyl (C=O) groups excluding carboxylic acids is 2. The van der Waals surface area contributed by atoms with Gasteiger partial charge in [-0.05, 0) is 24.3 Å². The normalized spacial score (nSPS) is 14.5. The van der Waals surface area contributed by atoms with Gasteiger partial charge in [0, 0.05) is 49.5 Å². The second kappa shape index (κ2) is 9.07. The summed E-state index contributed by atoms with van der Waals surface area (Å²) in [6.45, 7) is 0.875. The Morgan fingerprint density at radius 1 is 1.00 bits per heavy atom.